The summed E-state index contributed by atoms with van der Waals surface area (Å²) in [5.41, 5.74) is 0. The van der Waals surface area contributed by atoms with E-state index in [4.69, 9.17) is 9.47 Å². The van der Waals surface area contributed by atoms with Gasteiger partial charge in [0.05, 0.1) is 25.4 Å². The van der Waals surface area contributed by atoms with Crippen molar-refractivity contribution in [3.05, 3.63) is 12.2 Å². The molecule has 6 N–H and O–H groups in total. The van der Waals surface area contributed by atoms with Gasteiger partial charge in [-0.2, -0.15) is 0 Å². The first-order valence-electron chi connectivity index (χ1n) is 19.9. The predicted molar refractivity (Wildman–Crippen MR) is 194 cm³/mol. The minimum Gasteiger partial charge on any atom is -0.394 e. The van der Waals surface area contributed by atoms with Gasteiger partial charge in [-0.05, 0) is 19.3 Å². The van der Waals surface area contributed by atoms with Gasteiger partial charge in [0.1, 0.15) is 24.4 Å². The van der Waals surface area contributed by atoms with Crippen molar-refractivity contribution in [2.75, 3.05) is 13.2 Å². The van der Waals surface area contributed by atoms with E-state index in [1.54, 1.807) is 6.08 Å². The van der Waals surface area contributed by atoms with E-state index in [1.807, 2.05) is 6.08 Å². The molecule has 0 aromatic heterocycles. The number of nitrogens with one attached hydrogen (secondary N) is 1. The number of hydrogen-bond acceptors (Lipinski definition) is 8. The first kappa shape index (κ1) is 45.0. The third-order valence-corrected chi connectivity index (χ3v) is 9.61. The van der Waals surface area contributed by atoms with Gasteiger partial charge in [-0.3, -0.25) is 4.79 Å². The molecule has 7 atom stereocenters. The van der Waals surface area contributed by atoms with Crippen LogP contribution >= 0.6 is 0 Å². The minimum atomic E-state index is -1.56. The molecule has 1 fully saturated rings. The standard InChI is InChI=1S/C39H75NO8/c1-3-5-7-9-11-13-15-16-17-19-21-23-25-27-29-35(43)40-32(31-47-39-38(46)37(45)36(44)34(30-41)48-39)33(42)28-26-24-22-20-18-14-12-10-8-6-4-2/h26,28,32-34,36-39,41-42,44-46H,3-25,27,29-31H2,1-2H3,(H,40,43)/b28-26+. The maximum absolute atomic E-state index is 12.9. The summed E-state index contributed by atoms with van der Waals surface area (Å²) >= 11 is 0. The third kappa shape index (κ3) is 21.9. The second-order valence-corrected chi connectivity index (χ2v) is 14.1. The van der Waals surface area contributed by atoms with Crippen LogP contribution in [0.15, 0.2) is 12.2 Å². The molecule has 0 radical (unpaired) electrons. The fraction of sp³-hybridized carbons (Fsp3) is 0.923. The second-order valence-electron chi connectivity index (χ2n) is 14.1. The van der Waals surface area contributed by atoms with Crippen LogP contribution in [0.2, 0.25) is 0 Å². The minimum absolute atomic E-state index is 0.178. The Morgan fingerprint density at radius 2 is 1.15 bits per heavy atom. The summed E-state index contributed by atoms with van der Waals surface area (Å²) < 4.78 is 11.2. The summed E-state index contributed by atoms with van der Waals surface area (Å²) in [6.07, 6.45) is 25.3. The van der Waals surface area contributed by atoms with Gasteiger partial charge in [-0.15, -0.1) is 0 Å². The molecule has 0 aromatic carbocycles. The number of aliphatic hydroxyl groups is 5. The second kappa shape index (κ2) is 30.7. The van der Waals surface area contributed by atoms with Gasteiger partial charge < -0.3 is 40.3 Å². The average molecular weight is 686 g/mol. The van der Waals surface area contributed by atoms with E-state index in [9.17, 15) is 30.3 Å². The summed E-state index contributed by atoms with van der Waals surface area (Å²) in [4.78, 5) is 12.9. The molecule has 0 bridgehead atoms. The van der Waals surface area contributed by atoms with E-state index >= 15 is 0 Å². The number of allylic oxidation sites excluding steroid dienone is 1. The molecular weight excluding hydrogens is 610 g/mol. The lowest BCUT2D eigenvalue weighted by molar-refractivity contribution is -0.302. The number of aliphatic hydroxyl groups excluding tert-OH is 5. The van der Waals surface area contributed by atoms with Crippen LogP contribution in [0.3, 0.4) is 0 Å². The van der Waals surface area contributed by atoms with Gasteiger partial charge in [0.15, 0.2) is 6.29 Å². The molecule has 9 nitrogen and oxygen atoms in total. The van der Waals surface area contributed by atoms with E-state index in [2.05, 4.69) is 19.2 Å². The van der Waals surface area contributed by atoms with Crippen LogP contribution in [0.1, 0.15) is 174 Å². The maximum atomic E-state index is 12.9. The highest BCUT2D eigenvalue weighted by atomic mass is 16.7. The van der Waals surface area contributed by atoms with Crippen molar-refractivity contribution in [1.82, 2.24) is 5.32 Å². The number of amides is 1. The number of hydrogen-bond donors (Lipinski definition) is 6. The Balaban J connectivity index is 2.43. The highest BCUT2D eigenvalue weighted by molar-refractivity contribution is 5.76. The van der Waals surface area contributed by atoms with Crippen LogP contribution in [0, 0.1) is 0 Å². The van der Waals surface area contributed by atoms with Crippen molar-refractivity contribution in [3.63, 3.8) is 0 Å². The van der Waals surface area contributed by atoms with Crippen molar-refractivity contribution in [1.29, 1.82) is 0 Å². The van der Waals surface area contributed by atoms with Crippen LogP contribution in [0.25, 0.3) is 0 Å². The Labute approximate surface area is 293 Å². The molecule has 1 amide bonds. The van der Waals surface area contributed by atoms with Gasteiger partial charge in [-0.1, -0.05) is 161 Å². The molecule has 1 saturated heterocycles. The zero-order valence-corrected chi connectivity index (χ0v) is 30.7. The van der Waals surface area contributed by atoms with Crippen LogP contribution in [-0.2, 0) is 14.3 Å². The Morgan fingerprint density at radius 1 is 0.688 bits per heavy atom. The van der Waals surface area contributed by atoms with Crippen LogP contribution in [0.4, 0.5) is 0 Å². The Kier molecular flexibility index (Phi) is 28.8. The summed E-state index contributed by atoms with van der Waals surface area (Å²) in [6, 6.07) is -0.795. The van der Waals surface area contributed by atoms with Crippen molar-refractivity contribution in [2.24, 2.45) is 0 Å². The first-order valence-corrected chi connectivity index (χ1v) is 19.9. The van der Waals surface area contributed by atoms with Crippen LogP contribution in [-0.4, -0.2) is 87.5 Å². The molecule has 284 valence electrons. The molecular formula is C39H75NO8. The van der Waals surface area contributed by atoms with Crippen molar-refractivity contribution in [3.8, 4) is 0 Å². The average Bonchev–Trinajstić information content (AvgIpc) is 3.08. The number of carbonyl (C=O) groups is 1. The number of ether oxygens (including phenoxy) is 2. The Bertz CT molecular complexity index is 766. The lowest BCUT2D eigenvalue weighted by Crippen LogP contribution is -2.60. The zero-order chi connectivity index (χ0) is 35.2. The first-order chi connectivity index (χ1) is 23.3. The topological polar surface area (TPSA) is 149 Å². The molecule has 1 aliphatic rings. The van der Waals surface area contributed by atoms with E-state index < -0.39 is 49.5 Å². The summed E-state index contributed by atoms with van der Waals surface area (Å²) in [5, 5.41) is 53.9. The van der Waals surface area contributed by atoms with Gasteiger partial charge in [0.2, 0.25) is 5.91 Å². The zero-order valence-electron chi connectivity index (χ0n) is 30.7. The smallest absolute Gasteiger partial charge is 0.220 e. The summed E-state index contributed by atoms with van der Waals surface area (Å²) in [7, 11) is 0. The fourth-order valence-corrected chi connectivity index (χ4v) is 6.33. The normalized spacial score (nSPS) is 22.7. The quantitative estimate of drug-likeness (QED) is 0.0328. The van der Waals surface area contributed by atoms with Gasteiger partial charge in [-0.25, -0.2) is 0 Å². The lowest BCUT2D eigenvalue weighted by Gasteiger charge is -2.40. The third-order valence-electron chi connectivity index (χ3n) is 9.61. The molecule has 1 heterocycles. The van der Waals surface area contributed by atoms with E-state index in [1.165, 1.54) is 116 Å². The molecule has 0 aliphatic carbocycles. The van der Waals surface area contributed by atoms with E-state index in [0.29, 0.717) is 6.42 Å². The van der Waals surface area contributed by atoms with Gasteiger partial charge in [0.25, 0.3) is 0 Å². The number of rotatable bonds is 32. The van der Waals surface area contributed by atoms with Gasteiger partial charge >= 0.3 is 0 Å². The van der Waals surface area contributed by atoms with Crippen LogP contribution in [0.5, 0.6) is 0 Å². The monoisotopic (exact) mass is 686 g/mol. The van der Waals surface area contributed by atoms with E-state index in [-0.39, 0.29) is 12.5 Å². The van der Waals surface area contributed by atoms with Crippen molar-refractivity contribution >= 4 is 5.91 Å². The number of unbranched alkanes of at least 4 members (excludes halogenated alkanes) is 22. The molecule has 0 saturated carbocycles. The molecule has 0 aromatic rings. The largest absolute Gasteiger partial charge is 0.394 e. The molecule has 0 spiro atoms. The fourth-order valence-electron chi connectivity index (χ4n) is 6.33. The highest BCUT2D eigenvalue weighted by Crippen LogP contribution is 2.22. The van der Waals surface area contributed by atoms with Crippen LogP contribution < -0.4 is 5.32 Å². The van der Waals surface area contributed by atoms with Gasteiger partial charge in [0, 0.05) is 6.42 Å². The maximum Gasteiger partial charge on any atom is 0.220 e. The predicted octanol–water partition coefficient (Wildman–Crippen LogP) is 7.00. The highest BCUT2D eigenvalue weighted by Gasteiger charge is 2.44. The lowest BCUT2D eigenvalue weighted by atomic mass is 9.99. The molecule has 48 heavy (non-hydrogen) atoms. The molecule has 7 unspecified atom stereocenters. The Hall–Kier alpha value is -1.07. The van der Waals surface area contributed by atoms with Crippen molar-refractivity contribution in [2.45, 2.75) is 217 Å². The summed E-state index contributed by atoms with van der Waals surface area (Å²) in [5.74, 6) is -0.178. The molecule has 1 aliphatic heterocycles. The molecule has 1 rings (SSSR count). The Morgan fingerprint density at radius 3 is 1.62 bits per heavy atom. The van der Waals surface area contributed by atoms with Crippen molar-refractivity contribution < 1.29 is 39.8 Å². The van der Waals surface area contributed by atoms with E-state index in [0.717, 1.165) is 38.5 Å². The SMILES string of the molecule is CCCCCCCCCCC/C=C/C(O)C(COC1OC(CO)C(O)C(O)C1O)NC(=O)CCCCCCCCCCCCCCCC. The summed E-state index contributed by atoms with van der Waals surface area (Å²) in [6.45, 7) is 3.74. The molecule has 9 heteroatoms. The number of carbonyl (C=O) groups excluding carboxylic acids is 1.